The molecule has 0 bridgehead atoms. The molecule has 0 fully saturated rings. The number of aromatic hydroxyl groups is 1. The molecule has 8 aromatic rings. The number of anilines is 2. The monoisotopic (exact) mass is 742 g/mol. The van der Waals surface area contributed by atoms with Crippen molar-refractivity contribution in [1.29, 1.82) is 0 Å². The lowest BCUT2D eigenvalue weighted by Crippen LogP contribution is -2.12. The van der Waals surface area contributed by atoms with Gasteiger partial charge in [-0.05, 0) is 77.4 Å². The van der Waals surface area contributed by atoms with Gasteiger partial charge < -0.3 is 25.6 Å². The Labute approximate surface area is 322 Å². The van der Waals surface area contributed by atoms with Crippen LogP contribution in [-0.2, 0) is 32.3 Å². The number of hydrogen-bond acceptors (Lipinski definition) is 13. The van der Waals surface area contributed by atoms with E-state index in [1.807, 2.05) is 42.5 Å². The van der Waals surface area contributed by atoms with Crippen LogP contribution in [0.1, 0.15) is 27.8 Å². The molecule has 0 radical (unpaired) electrons. The second kappa shape index (κ2) is 16.8. The summed E-state index contributed by atoms with van der Waals surface area (Å²) in [5.74, 6) is 2.18. The van der Waals surface area contributed by atoms with Crippen LogP contribution in [0.25, 0.3) is 33.6 Å². The number of ether oxygens (including phenoxy) is 2. The van der Waals surface area contributed by atoms with E-state index in [0.717, 1.165) is 40.2 Å². The Morgan fingerprint density at radius 1 is 0.589 bits per heavy atom. The Kier molecular flexibility index (Phi) is 10.7. The molecule has 0 amide bonds. The average Bonchev–Trinajstić information content (AvgIpc) is 3.25. The lowest BCUT2D eigenvalue weighted by Gasteiger charge is -2.19. The zero-order valence-corrected chi connectivity index (χ0v) is 30.4. The summed E-state index contributed by atoms with van der Waals surface area (Å²) in [5, 5.41) is 14.6. The zero-order valence-electron chi connectivity index (χ0n) is 30.4. The van der Waals surface area contributed by atoms with Crippen LogP contribution >= 0.6 is 0 Å². The highest BCUT2D eigenvalue weighted by atomic mass is 16.5. The quantitative estimate of drug-likeness (QED) is 0.0743. The van der Waals surface area contributed by atoms with Crippen molar-refractivity contribution >= 4 is 33.8 Å². The molecule has 4 N–H and O–H groups in total. The summed E-state index contributed by atoms with van der Waals surface area (Å²) < 4.78 is 12.0. The highest BCUT2D eigenvalue weighted by molar-refractivity contribution is 5.94. The topological polar surface area (TPSA) is 180 Å². The standard InChI is InChI=1S/C43H38N10O3/c44-37-35(54)24-31(11-6-28-7-12-32(13-8-28)55-23-17-29-9-14-33(15-10-29)56-25-30-4-2-1-3-5-30)34(36(37)38-39-41(51-26-50-38)48-21-19-45-39)16-18-47-42-40-43(53-27-52-42)49-22-20-46-40/h1-5,7-10,12-15,19-22,24,26-27,54H,6,11,16-18,23,25,44H2,(H,47,49,52,53). The summed E-state index contributed by atoms with van der Waals surface area (Å²) in [6.07, 6.45) is 11.9. The van der Waals surface area contributed by atoms with Crippen LogP contribution in [0.15, 0.2) is 122 Å². The fourth-order valence-corrected chi connectivity index (χ4v) is 6.58. The van der Waals surface area contributed by atoms with Crippen molar-refractivity contribution in [2.24, 2.45) is 0 Å². The third kappa shape index (κ3) is 8.26. The molecule has 4 aromatic heterocycles. The largest absolute Gasteiger partial charge is 0.506 e. The van der Waals surface area contributed by atoms with E-state index in [9.17, 15) is 5.11 Å². The molecule has 0 aliphatic carbocycles. The molecule has 0 aliphatic heterocycles. The Balaban J connectivity index is 0.954. The molecule has 278 valence electrons. The smallest absolute Gasteiger partial charge is 0.183 e. The first-order valence-corrected chi connectivity index (χ1v) is 18.3. The van der Waals surface area contributed by atoms with Gasteiger partial charge >= 0.3 is 0 Å². The third-order valence-corrected chi connectivity index (χ3v) is 9.43. The molecule has 0 spiro atoms. The van der Waals surface area contributed by atoms with Crippen LogP contribution in [0, 0.1) is 0 Å². The van der Waals surface area contributed by atoms with Crippen molar-refractivity contribution in [1.82, 2.24) is 39.9 Å². The van der Waals surface area contributed by atoms with E-state index in [2.05, 4.69) is 81.6 Å². The van der Waals surface area contributed by atoms with Gasteiger partial charge in [-0.2, -0.15) is 0 Å². The number of aryl methyl sites for hydroxylation is 2. The number of phenols is 1. The fourth-order valence-electron chi connectivity index (χ4n) is 6.58. The van der Waals surface area contributed by atoms with Crippen molar-refractivity contribution < 1.29 is 14.6 Å². The Hall–Kier alpha value is -7.28. The minimum Gasteiger partial charge on any atom is -0.506 e. The van der Waals surface area contributed by atoms with E-state index in [1.54, 1.807) is 30.9 Å². The Bertz CT molecular complexity index is 2560. The van der Waals surface area contributed by atoms with Crippen molar-refractivity contribution in [3.05, 3.63) is 150 Å². The number of fused-ring (bicyclic) bond motifs is 2. The molecule has 13 nitrogen and oxygen atoms in total. The van der Waals surface area contributed by atoms with E-state index in [-0.39, 0.29) is 11.4 Å². The number of nitrogens with zero attached hydrogens (tertiary/aromatic N) is 8. The minimum absolute atomic E-state index is 0.0301. The van der Waals surface area contributed by atoms with Gasteiger partial charge in [-0.25, -0.2) is 39.9 Å². The highest BCUT2D eigenvalue weighted by Crippen LogP contribution is 2.40. The maximum absolute atomic E-state index is 11.2. The van der Waals surface area contributed by atoms with Gasteiger partial charge in [-0.15, -0.1) is 0 Å². The average molecular weight is 743 g/mol. The number of rotatable bonds is 15. The second-order valence-electron chi connectivity index (χ2n) is 13.1. The molecule has 4 heterocycles. The summed E-state index contributed by atoms with van der Waals surface area (Å²) in [6, 6.07) is 28.1. The predicted octanol–water partition coefficient (Wildman–Crippen LogP) is 6.75. The van der Waals surface area contributed by atoms with Gasteiger partial charge in [0.2, 0.25) is 0 Å². The van der Waals surface area contributed by atoms with Crippen molar-refractivity contribution in [2.45, 2.75) is 32.3 Å². The van der Waals surface area contributed by atoms with Crippen LogP contribution in [0.5, 0.6) is 17.2 Å². The second-order valence-corrected chi connectivity index (χ2v) is 13.1. The normalized spacial score (nSPS) is 11.1. The highest BCUT2D eigenvalue weighted by Gasteiger charge is 2.22. The lowest BCUT2D eigenvalue weighted by atomic mass is 9.90. The molecule has 56 heavy (non-hydrogen) atoms. The van der Waals surface area contributed by atoms with E-state index in [1.165, 1.54) is 18.2 Å². The number of nitrogen functional groups attached to an aromatic ring is 1. The SMILES string of the molecule is Nc1c(O)cc(CCc2ccc(OCCc3ccc(OCc4ccccc4)cc3)cc2)c(CCNc2ncnc3nccnc23)c1-c1ncnc2nccnc12. The lowest BCUT2D eigenvalue weighted by molar-refractivity contribution is 0.305. The fraction of sp³-hybridized carbons (Fsp3) is 0.163. The van der Waals surface area contributed by atoms with E-state index >= 15 is 0 Å². The summed E-state index contributed by atoms with van der Waals surface area (Å²) in [4.78, 5) is 35.1. The van der Waals surface area contributed by atoms with Gasteiger partial charge in [0.25, 0.3) is 0 Å². The number of aromatic nitrogens is 8. The van der Waals surface area contributed by atoms with Gasteiger partial charge in [0, 0.05) is 43.3 Å². The number of nitrogens with two attached hydrogens (primary N) is 1. The maximum atomic E-state index is 11.2. The third-order valence-electron chi connectivity index (χ3n) is 9.43. The molecule has 4 aromatic carbocycles. The van der Waals surface area contributed by atoms with Gasteiger partial charge in [-0.3, -0.25) is 0 Å². The minimum atomic E-state index is -0.0301. The first-order chi connectivity index (χ1) is 27.6. The van der Waals surface area contributed by atoms with Crippen molar-refractivity contribution in [3.63, 3.8) is 0 Å². The van der Waals surface area contributed by atoms with Crippen LogP contribution in [0.4, 0.5) is 11.5 Å². The van der Waals surface area contributed by atoms with Crippen LogP contribution < -0.4 is 20.5 Å². The molecular weight excluding hydrogens is 705 g/mol. The van der Waals surface area contributed by atoms with Crippen LogP contribution in [0.2, 0.25) is 0 Å². The molecule has 8 rings (SSSR count). The summed E-state index contributed by atoms with van der Waals surface area (Å²) >= 11 is 0. The van der Waals surface area contributed by atoms with Crippen molar-refractivity contribution in [2.75, 3.05) is 24.2 Å². The first-order valence-electron chi connectivity index (χ1n) is 18.3. The van der Waals surface area contributed by atoms with E-state index in [4.69, 9.17) is 15.2 Å². The number of phenolic OH excluding ortho intramolecular Hbond substituents is 1. The summed E-state index contributed by atoms with van der Waals surface area (Å²) in [7, 11) is 0. The maximum Gasteiger partial charge on any atom is 0.183 e. The molecule has 0 aliphatic rings. The molecule has 0 atom stereocenters. The van der Waals surface area contributed by atoms with Gasteiger partial charge in [-0.1, -0.05) is 54.6 Å². The first kappa shape index (κ1) is 35.7. The summed E-state index contributed by atoms with van der Waals surface area (Å²) in [5.41, 5.74) is 15.2. The van der Waals surface area contributed by atoms with Crippen LogP contribution in [0.3, 0.4) is 0 Å². The van der Waals surface area contributed by atoms with Crippen molar-refractivity contribution in [3.8, 4) is 28.5 Å². The number of nitrogens with one attached hydrogen (secondary N) is 1. The number of hydrogen-bond donors (Lipinski definition) is 3. The van der Waals surface area contributed by atoms with E-state index < -0.39 is 0 Å². The molecular formula is C43H38N10O3. The van der Waals surface area contributed by atoms with E-state index in [0.29, 0.717) is 78.4 Å². The van der Waals surface area contributed by atoms with Crippen LogP contribution in [-0.4, -0.2) is 58.1 Å². The molecule has 0 saturated carbocycles. The molecule has 0 saturated heterocycles. The molecule has 13 heteroatoms. The van der Waals surface area contributed by atoms with Gasteiger partial charge in [0.15, 0.2) is 17.1 Å². The van der Waals surface area contributed by atoms with Gasteiger partial charge in [0.05, 0.1) is 12.3 Å². The molecule has 0 unspecified atom stereocenters. The zero-order chi connectivity index (χ0) is 38.1. The summed E-state index contributed by atoms with van der Waals surface area (Å²) in [6.45, 7) is 1.56. The Morgan fingerprint density at radius 3 is 1.98 bits per heavy atom. The van der Waals surface area contributed by atoms with Gasteiger partial charge in [0.1, 0.15) is 53.2 Å². The Morgan fingerprint density at radius 2 is 1.23 bits per heavy atom. The number of benzene rings is 4. The predicted molar refractivity (Wildman–Crippen MR) is 214 cm³/mol.